The zero-order chi connectivity index (χ0) is 23.3. The number of anilines is 2. The highest BCUT2D eigenvalue weighted by Crippen LogP contribution is 2.23. The van der Waals surface area contributed by atoms with Crippen molar-refractivity contribution in [2.45, 2.75) is 38.1 Å². The number of carboxylic acid groups (broad SMARTS) is 2. The molecule has 0 saturated carbocycles. The van der Waals surface area contributed by atoms with Crippen molar-refractivity contribution in [1.29, 1.82) is 0 Å². The van der Waals surface area contributed by atoms with Crippen LogP contribution in [-0.4, -0.2) is 55.6 Å². The first-order valence-electron chi connectivity index (χ1n) is 10.1. The second-order valence-corrected chi connectivity index (χ2v) is 7.62. The van der Waals surface area contributed by atoms with Crippen LogP contribution in [0.3, 0.4) is 0 Å². The van der Waals surface area contributed by atoms with Gasteiger partial charge in [-0.05, 0) is 43.2 Å². The zero-order valence-corrected chi connectivity index (χ0v) is 17.1. The molecule has 0 radical (unpaired) electrons. The number of carbonyl (C=O) groups excluding carboxylic acids is 1. The van der Waals surface area contributed by atoms with Gasteiger partial charge >= 0.3 is 11.9 Å². The van der Waals surface area contributed by atoms with Gasteiger partial charge in [-0.25, -0.2) is 4.79 Å². The molecule has 0 aromatic carbocycles. The molecule has 0 saturated heterocycles. The Kier molecular flexibility index (Phi) is 7.03. The summed E-state index contributed by atoms with van der Waals surface area (Å²) >= 11 is 0. The van der Waals surface area contributed by atoms with Crippen molar-refractivity contribution in [3.05, 3.63) is 45.5 Å². The lowest BCUT2D eigenvalue weighted by Crippen LogP contribution is -2.41. The molecule has 3 heterocycles. The summed E-state index contributed by atoms with van der Waals surface area (Å²) in [6, 6.07) is 1.91. The number of aromatic nitrogens is 3. The molecule has 1 amide bonds. The quantitative estimate of drug-likeness (QED) is 0.306. The van der Waals surface area contributed by atoms with Crippen LogP contribution in [-0.2, 0) is 22.4 Å². The number of aromatic amines is 1. The van der Waals surface area contributed by atoms with Crippen LogP contribution < -0.4 is 21.9 Å². The minimum Gasteiger partial charge on any atom is -0.481 e. The number of carboxylic acids is 2. The zero-order valence-electron chi connectivity index (χ0n) is 17.1. The fraction of sp³-hybridized carbons (Fsp3) is 0.400. The van der Waals surface area contributed by atoms with Crippen LogP contribution in [0.4, 0.5) is 11.8 Å². The lowest BCUT2D eigenvalue weighted by atomic mass is 9.91. The van der Waals surface area contributed by atoms with E-state index in [0.717, 1.165) is 12.0 Å². The van der Waals surface area contributed by atoms with Crippen LogP contribution in [0, 0.1) is 5.92 Å². The smallest absolute Gasteiger partial charge is 0.326 e. The summed E-state index contributed by atoms with van der Waals surface area (Å²) in [6.45, 7) is 0.656. The van der Waals surface area contributed by atoms with Crippen LogP contribution >= 0.6 is 0 Å². The van der Waals surface area contributed by atoms with E-state index >= 15 is 0 Å². The monoisotopic (exact) mass is 444 g/mol. The first kappa shape index (κ1) is 22.7. The van der Waals surface area contributed by atoms with Gasteiger partial charge in [0.2, 0.25) is 5.95 Å². The number of amides is 1. The molecular weight excluding hydrogens is 420 g/mol. The van der Waals surface area contributed by atoms with E-state index in [2.05, 4.69) is 25.6 Å². The van der Waals surface area contributed by atoms with Gasteiger partial charge in [0.15, 0.2) is 0 Å². The molecule has 170 valence electrons. The number of hydrogen-bond donors (Lipinski definition) is 6. The number of nitrogens with two attached hydrogens (primary N) is 1. The average molecular weight is 444 g/mol. The van der Waals surface area contributed by atoms with E-state index in [0.29, 0.717) is 30.8 Å². The van der Waals surface area contributed by atoms with E-state index in [1.54, 1.807) is 12.3 Å². The molecule has 2 aromatic heterocycles. The molecule has 0 aliphatic carbocycles. The predicted octanol–water partition coefficient (Wildman–Crippen LogP) is 0.0119. The Bertz CT molecular complexity index is 1070. The Labute approximate surface area is 182 Å². The number of aryl methyl sites for hydroxylation is 1. The van der Waals surface area contributed by atoms with Gasteiger partial charge in [-0.2, -0.15) is 4.98 Å². The standard InChI is InChI=1S/C20H24N6O6/c21-20-25-16-12(17(29)26-20)7-11(9-23-16)2-1-10-3-4-13(22-8-10)18(30)24-14(19(31)32)5-6-15(27)28/h3-4,8,11,14H,1-2,5-7,9H2,(H,24,30)(H,27,28)(H,31,32)(H4,21,23,25,26,29)/t11?,14-/m0/s1. The number of rotatable bonds is 9. The van der Waals surface area contributed by atoms with Gasteiger partial charge in [-0.15, -0.1) is 0 Å². The Morgan fingerprint density at radius 3 is 2.72 bits per heavy atom. The van der Waals surface area contributed by atoms with Gasteiger partial charge in [0, 0.05) is 19.2 Å². The fourth-order valence-corrected chi connectivity index (χ4v) is 3.49. The number of hydrogen-bond acceptors (Lipinski definition) is 8. The number of nitrogens with zero attached hydrogens (tertiary/aromatic N) is 2. The summed E-state index contributed by atoms with van der Waals surface area (Å²) in [5, 5.41) is 23.3. The molecule has 1 aliphatic heterocycles. The second-order valence-electron chi connectivity index (χ2n) is 7.62. The summed E-state index contributed by atoms with van der Waals surface area (Å²) in [5.41, 5.74) is 6.82. The summed E-state index contributed by atoms with van der Waals surface area (Å²) in [5.74, 6) is -2.34. The molecule has 0 fully saturated rings. The predicted molar refractivity (Wildman–Crippen MR) is 113 cm³/mol. The van der Waals surface area contributed by atoms with Gasteiger partial charge in [0.1, 0.15) is 17.6 Å². The summed E-state index contributed by atoms with van der Waals surface area (Å²) < 4.78 is 0. The summed E-state index contributed by atoms with van der Waals surface area (Å²) in [7, 11) is 0. The van der Waals surface area contributed by atoms with Gasteiger partial charge in [0.05, 0.1) is 5.56 Å². The number of nitrogen functional groups attached to an aromatic ring is 1. The molecular formula is C20H24N6O6. The van der Waals surface area contributed by atoms with Crippen molar-refractivity contribution in [3.63, 3.8) is 0 Å². The molecule has 32 heavy (non-hydrogen) atoms. The van der Waals surface area contributed by atoms with Crippen molar-refractivity contribution in [2.75, 3.05) is 17.6 Å². The fourth-order valence-electron chi connectivity index (χ4n) is 3.49. The van der Waals surface area contributed by atoms with Crippen LogP contribution in [0.25, 0.3) is 0 Å². The maximum atomic E-state index is 12.3. The Morgan fingerprint density at radius 1 is 1.28 bits per heavy atom. The van der Waals surface area contributed by atoms with Gasteiger partial charge in [-0.1, -0.05) is 6.07 Å². The summed E-state index contributed by atoms with van der Waals surface area (Å²) in [4.78, 5) is 56.9. The number of H-pyrrole nitrogens is 1. The van der Waals surface area contributed by atoms with Crippen LogP contribution in [0.15, 0.2) is 23.1 Å². The third kappa shape index (κ3) is 5.80. The Morgan fingerprint density at radius 2 is 2.06 bits per heavy atom. The molecule has 2 atom stereocenters. The third-order valence-corrected chi connectivity index (χ3v) is 5.23. The van der Waals surface area contributed by atoms with Crippen molar-refractivity contribution >= 4 is 29.6 Å². The summed E-state index contributed by atoms with van der Waals surface area (Å²) in [6.07, 6.45) is 2.97. The molecule has 2 aromatic rings. The lowest BCUT2D eigenvalue weighted by molar-refractivity contribution is -0.140. The topological polar surface area (TPSA) is 200 Å². The highest BCUT2D eigenvalue weighted by molar-refractivity contribution is 5.95. The molecule has 0 spiro atoms. The first-order chi connectivity index (χ1) is 15.2. The third-order valence-electron chi connectivity index (χ3n) is 5.23. The van der Waals surface area contributed by atoms with Crippen LogP contribution in [0.1, 0.15) is 40.9 Å². The molecule has 3 rings (SSSR count). The normalized spacial score (nSPS) is 15.8. The number of aliphatic carboxylic acids is 2. The average Bonchev–Trinajstić information content (AvgIpc) is 2.75. The van der Waals surface area contributed by atoms with E-state index < -0.39 is 23.9 Å². The molecule has 7 N–H and O–H groups in total. The molecule has 12 nitrogen and oxygen atoms in total. The van der Waals surface area contributed by atoms with Crippen molar-refractivity contribution < 1.29 is 24.6 Å². The highest BCUT2D eigenvalue weighted by Gasteiger charge is 2.23. The van der Waals surface area contributed by atoms with Crippen molar-refractivity contribution in [1.82, 2.24) is 20.3 Å². The Hall–Kier alpha value is -3.96. The van der Waals surface area contributed by atoms with E-state index in [9.17, 15) is 19.2 Å². The van der Waals surface area contributed by atoms with E-state index in [4.69, 9.17) is 15.9 Å². The first-order valence-corrected chi connectivity index (χ1v) is 10.1. The minimum atomic E-state index is -1.31. The molecule has 12 heteroatoms. The largest absolute Gasteiger partial charge is 0.481 e. The highest BCUT2D eigenvalue weighted by atomic mass is 16.4. The van der Waals surface area contributed by atoms with Crippen molar-refractivity contribution in [2.24, 2.45) is 5.92 Å². The SMILES string of the molecule is Nc1nc2c(c(=O)[nH]1)CC(CCc1ccc(C(=O)N[C@@H](CCC(=O)O)C(=O)O)nc1)CN2. The second kappa shape index (κ2) is 9.90. The molecule has 1 unspecified atom stereocenters. The number of carbonyl (C=O) groups is 3. The maximum absolute atomic E-state index is 12.3. The maximum Gasteiger partial charge on any atom is 0.326 e. The van der Waals surface area contributed by atoms with Crippen LogP contribution in [0.2, 0.25) is 0 Å². The number of nitrogens with one attached hydrogen (secondary N) is 3. The van der Waals surface area contributed by atoms with Crippen molar-refractivity contribution in [3.8, 4) is 0 Å². The Balaban J connectivity index is 1.54. The minimum absolute atomic E-state index is 0.0405. The van der Waals surface area contributed by atoms with Gasteiger partial charge in [-0.3, -0.25) is 24.4 Å². The van der Waals surface area contributed by atoms with Crippen LogP contribution in [0.5, 0.6) is 0 Å². The lowest BCUT2D eigenvalue weighted by Gasteiger charge is -2.24. The van der Waals surface area contributed by atoms with E-state index in [-0.39, 0.29) is 36.0 Å². The van der Waals surface area contributed by atoms with E-state index in [1.165, 1.54) is 6.07 Å². The number of pyridine rings is 1. The molecule has 0 bridgehead atoms. The number of fused-ring (bicyclic) bond motifs is 1. The van der Waals surface area contributed by atoms with E-state index in [1.807, 2.05) is 0 Å². The van der Waals surface area contributed by atoms with Gasteiger partial charge < -0.3 is 26.6 Å². The molecule has 1 aliphatic rings. The van der Waals surface area contributed by atoms with Gasteiger partial charge in [0.25, 0.3) is 11.5 Å².